The van der Waals surface area contributed by atoms with E-state index in [-0.39, 0.29) is 5.91 Å². The van der Waals surface area contributed by atoms with Crippen LogP contribution in [0.25, 0.3) is 0 Å². The number of hydrogen-bond donors (Lipinski definition) is 1. The van der Waals surface area contributed by atoms with E-state index in [1.807, 2.05) is 36.1 Å². The number of anilines is 1. The minimum atomic E-state index is 0.172. The van der Waals surface area contributed by atoms with Gasteiger partial charge in [0.15, 0.2) is 0 Å². The topological polar surface area (TPSA) is 41.6 Å². The van der Waals surface area contributed by atoms with Crippen molar-refractivity contribution in [1.29, 1.82) is 0 Å². The van der Waals surface area contributed by atoms with Gasteiger partial charge in [0.2, 0.25) is 5.91 Å². The second-order valence-electron chi connectivity index (χ2n) is 4.72. The minimum Gasteiger partial charge on any atom is -0.492 e. The molecule has 0 unspecified atom stereocenters. The Kier molecular flexibility index (Phi) is 5.07. The molecule has 0 spiro atoms. The number of likely N-dealkylation sites (tertiary alicyclic amines) is 1. The maximum absolute atomic E-state index is 12.1. The van der Waals surface area contributed by atoms with Gasteiger partial charge >= 0.3 is 0 Å². The fourth-order valence-corrected chi connectivity index (χ4v) is 2.32. The summed E-state index contributed by atoms with van der Waals surface area (Å²) < 4.78 is 5.53. The summed E-state index contributed by atoms with van der Waals surface area (Å²) in [6, 6.07) is 7.73. The van der Waals surface area contributed by atoms with Crippen LogP contribution in [0.15, 0.2) is 24.3 Å². The molecule has 1 aliphatic rings. The summed E-state index contributed by atoms with van der Waals surface area (Å²) in [6.07, 6.45) is 3.49. The van der Waals surface area contributed by atoms with Crippen LogP contribution in [-0.2, 0) is 4.79 Å². The molecular weight excluding hydrogens is 240 g/mol. The van der Waals surface area contributed by atoms with E-state index in [0.29, 0.717) is 13.2 Å². The van der Waals surface area contributed by atoms with Crippen molar-refractivity contribution in [2.45, 2.75) is 26.2 Å². The summed E-state index contributed by atoms with van der Waals surface area (Å²) in [5.41, 5.74) is 0.884. The number of nitrogens with zero attached hydrogens (tertiary/aromatic N) is 1. The van der Waals surface area contributed by atoms with Gasteiger partial charge in [-0.15, -0.1) is 0 Å². The third kappa shape index (κ3) is 3.88. The minimum absolute atomic E-state index is 0.172. The normalized spacial score (nSPS) is 15.1. The van der Waals surface area contributed by atoms with Crippen molar-refractivity contribution in [3.05, 3.63) is 24.3 Å². The SMILES string of the molecule is CCOc1ccccc1NCC(=O)N1CCCCC1. The molecule has 0 aromatic heterocycles. The van der Waals surface area contributed by atoms with E-state index in [0.717, 1.165) is 37.4 Å². The number of ether oxygens (including phenoxy) is 1. The van der Waals surface area contributed by atoms with Gasteiger partial charge in [-0.2, -0.15) is 0 Å². The summed E-state index contributed by atoms with van der Waals surface area (Å²) in [5, 5.41) is 3.18. The van der Waals surface area contributed by atoms with Crippen LogP contribution in [-0.4, -0.2) is 37.0 Å². The lowest BCUT2D eigenvalue weighted by Gasteiger charge is -2.27. The second kappa shape index (κ2) is 7.02. The number of carbonyl (C=O) groups excluding carboxylic acids is 1. The lowest BCUT2D eigenvalue weighted by molar-refractivity contribution is -0.130. The number of para-hydroxylation sites is 2. The van der Waals surface area contributed by atoms with E-state index in [2.05, 4.69) is 5.32 Å². The summed E-state index contributed by atoms with van der Waals surface area (Å²) in [4.78, 5) is 14.0. The van der Waals surface area contributed by atoms with Gasteiger partial charge in [0.25, 0.3) is 0 Å². The molecule has 104 valence electrons. The molecule has 0 saturated carbocycles. The summed E-state index contributed by atoms with van der Waals surface area (Å²) >= 11 is 0. The van der Waals surface area contributed by atoms with E-state index >= 15 is 0 Å². The molecule has 2 rings (SSSR count). The predicted octanol–water partition coefficient (Wildman–Crippen LogP) is 2.51. The zero-order chi connectivity index (χ0) is 13.5. The van der Waals surface area contributed by atoms with Gasteiger partial charge in [0.1, 0.15) is 5.75 Å². The van der Waals surface area contributed by atoms with Crippen LogP contribution >= 0.6 is 0 Å². The number of benzene rings is 1. The Bertz CT molecular complexity index is 414. The van der Waals surface area contributed by atoms with Gasteiger partial charge in [0.05, 0.1) is 18.8 Å². The van der Waals surface area contributed by atoms with Crippen LogP contribution < -0.4 is 10.1 Å². The van der Waals surface area contributed by atoms with Gasteiger partial charge < -0.3 is 15.0 Å². The second-order valence-corrected chi connectivity index (χ2v) is 4.72. The number of rotatable bonds is 5. The first-order chi connectivity index (χ1) is 9.31. The van der Waals surface area contributed by atoms with Crippen molar-refractivity contribution in [2.75, 3.05) is 31.6 Å². The molecule has 1 fully saturated rings. The lowest BCUT2D eigenvalue weighted by atomic mass is 10.1. The first-order valence-corrected chi connectivity index (χ1v) is 7.04. The van der Waals surface area contributed by atoms with Crippen molar-refractivity contribution in [1.82, 2.24) is 4.90 Å². The van der Waals surface area contributed by atoms with E-state index in [1.54, 1.807) is 0 Å². The zero-order valence-electron chi connectivity index (χ0n) is 11.5. The molecule has 1 N–H and O–H groups in total. The lowest BCUT2D eigenvalue weighted by Crippen LogP contribution is -2.39. The Labute approximate surface area is 114 Å². The molecule has 1 aromatic carbocycles. The van der Waals surface area contributed by atoms with Crippen LogP contribution in [0.4, 0.5) is 5.69 Å². The number of hydrogen-bond acceptors (Lipinski definition) is 3. The maximum atomic E-state index is 12.1. The van der Waals surface area contributed by atoms with Crippen molar-refractivity contribution < 1.29 is 9.53 Å². The Hall–Kier alpha value is -1.71. The van der Waals surface area contributed by atoms with Gasteiger partial charge in [-0.05, 0) is 38.3 Å². The smallest absolute Gasteiger partial charge is 0.241 e. The first kappa shape index (κ1) is 13.7. The average molecular weight is 262 g/mol. The fraction of sp³-hybridized carbons (Fsp3) is 0.533. The molecular formula is C15H22N2O2. The predicted molar refractivity (Wildman–Crippen MR) is 76.5 cm³/mol. The molecule has 0 bridgehead atoms. The molecule has 4 nitrogen and oxygen atoms in total. The van der Waals surface area contributed by atoms with Gasteiger partial charge in [0, 0.05) is 13.1 Å². The quantitative estimate of drug-likeness (QED) is 0.886. The number of nitrogens with one attached hydrogen (secondary N) is 1. The highest BCUT2D eigenvalue weighted by atomic mass is 16.5. The molecule has 1 saturated heterocycles. The standard InChI is InChI=1S/C15H22N2O2/c1-2-19-14-9-5-4-8-13(14)16-12-15(18)17-10-6-3-7-11-17/h4-5,8-9,16H,2-3,6-7,10-12H2,1H3. The van der Waals surface area contributed by atoms with E-state index in [9.17, 15) is 4.79 Å². The molecule has 0 aliphatic carbocycles. The zero-order valence-corrected chi connectivity index (χ0v) is 11.5. The van der Waals surface area contributed by atoms with Crippen LogP contribution in [0.5, 0.6) is 5.75 Å². The first-order valence-electron chi connectivity index (χ1n) is 7.04. The summed E-state index contributed by atoms with van der Waals surface area (Å²) in [7, 11) is 0. The monoisotopic (exact) mass is 262 g/mol. The Balaban J connectivity index is 1.89. The highest BCUT2D eigenvalue weighted by Gasteiger charge is 2.16. The Morgan fingerprint density at radius 2 is 2.00 bits per heavy atom. The largest absolute Gasteiger partial charge is 0.492 e. The van der Waals surface area contributed by atoms with Gasteiger partial charge in [-0.25, -0.2) is 0 Å². The van der Waals surface area contributed by atoms with Crippen molar-refractivity contribution in [3.8, 4) is 5.75 Å². The molecule has 0 atom stereocenters. The molecule has 4 heteroatoms. The third-order valence-electron chi connectivity index (χ3n) is 3.33. The average Bonchev–Trinajstić information content (AvgIpc) is 2.47. The molecule has 1 aromatic rings. The van der Waals surface area contributed by atoms with Crippen molar-refractivity contribution in [2.24, 2.45) is 0 Å². The molecule has 1 amide bonds. The Morgan fingerprint density at radius 1 is 1.26 bits per heavy atom. The highest BCUT2D eigenvalue weighted by Crippen LogP contribution is 2.23. The van der Waals surface area contributed by atoms with E-state index < -0.39 is 0 Å². The van der Waals surface area contributed by atoms with Crippen LogP contribution in [0.2, 0.25) is 0 Å². The highest BCUT2D eigenvalue weighted by molar-refractivity contribution is 5.81. The number of carbonyl (C=O) groups is 1. The molecule has 0 radical (unpaired) electrons. The Morgan fingerprint density at radius 3 is 2.74 bits per heavy atom. The van der Waals surface area contributed by atoms with Crippen molar-refractivity contribution >= 4 is 11.6 Å². The van der Waals surface area contributed by atoms with Gasteiger partial charge in [-0.1, -0.05) is 12.1 Å². The van der Waals surface area contributed by atoms with E-state index in [1.165, 1.54) is 6.42 Å². The number of piperidine rings is 1. The van der Waals surface area contributed by atoms with Gasteiger partial charge in [-0.3, -0.25) is 4.79 Å². The molecule has 1 heterocycles. The molecule has 1 aliphatic heterocycles. The third-order valence-corrected chi connectivity index (χ3v) is 3.33. The van der Waals surface area contributed by atoms with Crippen LogP contribution in [0, 0.1) is 0 Å². The van der Waals surface area contributed by atoms with Crippen molar-refractivity contribution in [3.63, 3.8) is 0 Å². The summed E-state index contributed by atoms with van der Waals surface area (Å²) in [5.74, 6) is 0.974. The molecule has 19 heavy (non-hydrogen) atoms. The summed E-state index contributed by atoms with van der Waals surface area (Å²) in [6.45, 7) is 4.71. The van der Waals surface area contributed by atoms with Crippen LogP contribution in [0.3, 0.4) is 0 Å². The maximum Gasteiger partial charge on any atom is 0.241 e. The van der Waals surface area contributed by atoms with Crippen LogP contribution in [0.1, 0.15) is 26.2 Å². The van der Waals surface area contributed by atoms with E-state index in [4.69, 9.17) is 4.74 Å². The fourth-order valence-electron chi connectivity index (χ4n) is 2.32. The number of amides is 1.